The van der Waals surface area contributed by atoms with E-state index in [0.717, 1.165) is 44.9 Å². The first-order chi connectivity index (χ1) is 8.68. The Morgan fingerprint density at radius 3 is 2.44 bits per heavy atom. The van der Waals surface area contributed by atoms with E-state index in [1.807, 2.05) is 7.11 Å². The zero-order valence-corrected chi connectivity index (χ0v) is 12.6. The lowest BCUT2D eigenvalue weighted by Gasteiger charge is -2.44. The van der Waals surface area contributed by atoms with Crippen LogP contribution in [-0.4, -0.2) is 38.5 Å². The van der Waals surface area contributed by atoms with Gasteiger partial charge < -0.3 is 14.8 Å². The lowest BCUT2D eigenvalue weighted by atomic mass is 9.75. The van der Waals surface area contributed by atoms with Gasteiger partial charge in [-0.15, -0.1) is 0 Å². The second kappa shape index (κ2) is 8.13. The molecule has 0 heterocycles. The maximum atomic E-state index is 5.94. The van der Waals surface area contributed by atoms with Crippen molar-refractivity contribution in [2.24, 2.45) is 5.92 Å². The van der Waals surface area contributed by atoms with Crippen molar-refractivity contribution in [2.75, 3.05) is 26.9 Å². The van der Waals surface area contributed by atoms with Crippen LogP contribution in [0.15, 0.2) is 0 Å². The molecule has 1 aliphatic rings. The molecule has 108 valence electrons. The van der Waals surface area contributed by atoms with Crippen molar-refractivity contribution in [3.63, 3.8) is 0 Å². The molecule has 1 N–H and O–H groups in total. The molecule has 3 heteroatoms. The van der Waals surface area contributed by atoms with Crippen LogP contribution in [0, 0.1) is 5.92 Å². The van der Waals surface area contributed by atoms with E-state index in [2.05, 4.69) is 26.1 Å². The summed E-state index contributed by atoms with van der Waals surface area (Å²) in [7, 11) is 1.86. The largest absolute Gasteiger partial charge is 0.380 e. The first-order valence-corrected chi connectivity index (χ1v) is 7.54. The standard InChI is InChI=1S/C15H31NO2/c1-5-11-16-14(12-18-6-2)15(17-4)9-7-13(3)8-10-15/h13-14,16H,5-12H2,1-4H3. The molecule has 0 bridgehead atoms. The van der Waals surface area contributed by atoms with Gasteiger partial charge in [0, 0.05) is 13.7 Å². The maximum Gasteiger partial charge on any atom is 0.0853 e. The summed E-state index contributed by atoms with van der Waals surface area (Å²) in [6, 6.07) is 0.329. The zero-order chi connectivity index (χ0) is 13.4. The van der Waals surface area contributed by atoms with Crippen LogP contribution in [0.5, 0.6) is 0 Å². The molecule has 0 aliphatic heterocycles. The SMILES string of the molecule is CCCNC(COCC)C1(OC)CCC(C)CC1. The van der Waals surface area contributed by atoms with Gasteiger partial charge >= 0.3 is 0 Å². The highest BCUT2D eigenvalue weighted by Gasteiger charge is 2.41. The molecule has 1 saturated carbocycles. The van der Waals surface area contributed by atoms with Gasteiger partial charge in [-0.25, -0.2) is 0 Å². The van der Waals surface area contributed by atoms with Gasteiger partial charge in [0.25, 0.3) is 0 Å². The molecule has 0 radical (unpaired) electrons. The third-order valence-corrected chi connectivity index (χ3v) is 4.29. The highest BCUT2D eigenvalue weighted by Crippen LogP contribution is 2.37. The summed E-state index contributed by atoms with van der Waals surface area (Å²) in [5.74, 6) is 0.840. The van der Waals surface area contributed by atoms with E-state index in [1.165, 1.54) is 12.8 Å². The lowest BCUT2D eigenvalue weighted by Crippen LogP contribution is -2.56. The van der Waals surface area contributed by atoms with Gasteiger partial charge in [0.15, 0.2) is 0 Å². The van der Waals surface area contributed by atoms with Crippen LogP contribution in [0.4, 0.5) is 0 Å². The molecular weight excluding hydrogens is 226 g/mol. The van der Waals surface area contributed by atoms with Crippen molar-refractivity contribution in [3.05, 3.63) is 0 Å². The van der Waals surface area contributed by atoms with E-state index in [4.69, 9.17) is 9.47 Å². The van der Waals surface area contributed by atoms with Gasteiger partial charge in [0.1, 0.15) is 0 Å². The van der Waals surface area contributed by atoms with Crippen LogP contribution < -0.4 is 5.32 Å². The number of hydrogen-bond acceptors (Lipinski definition) is 3. The van der Waals surface area contributed by atoms with Gasteiger partial charge in [-0.1, -0.05) is 13.8 Å². The molecule has 0 amide bonds. The first kappa shape index (κ1) is 15.9. The van der Waals surface area contributed by atoms with E-state index in [-0.39, 0.29) is 5.60 Å². The van der Waals surface area contributed by atoms with E-state index >= 15 is 0 Å². The first-order valence-electron chi connectivity index (χ1n) is 7.54. The minimum absolute atomic E-state index is 0.0170. The van der Waals surface area contributed by atoms with Gasteiger partial charge in [0.2, 0.25) is 0 Å². The summed E-state index contributed by atoms with van der Waals surface area (Å²) in [5.41, 5.74) is -0.0170. The lowest BCUT2D eigenvalue weighted by molar-refractivity contribution is -0.0916. The molecule has 0 spiro atoms. The van der Waals surface area contributed by atoms with Crippen molar-refractivity contribution in [1.82, 2.24) is 5.32 Å². The van der Waals surface area contributed by atoms with Crippen molar-refractivity contribution in [3.8, 4) is 0 Å². The van der Waals surface area contributed by atoms with Crippen LogP contribution in [0.3, 0.4) is 0 Å². The van der Waals surface area contributed by atoms with E-state index in [9.17, 15) is 0 Å². The van der Waals surface area contributed by atoms with Crippen molar-refractivity contribution in [1.29, 1.82) is 0 Å². The number of hydrogen-bond donors (Lipinski definition) is 1. The van der Waals surface area contributed by atoms with Crippen molar-refractivity contribution >= 4 is 0 Å². The van der Waals surface area contributed by atoms with Crippen LogP contribution in [0.2, 0.25) is 0 Å². The predicted molar refractivity (Wildman–Crippen MR) is 75.9 cm³/mol. The van der Waals surface area contributed by atoms with Gasteiger partial charge in [0.05, 0.1) is 18.2 Å². The summed E-state index contributed by atoms with van der Waals surface area (Å²) < 4.78 is 11.6. The Hall–Kier alpha value is -0.120. The fraction of sp³-hybridized carbons (Fsp3) is 1.00. The molecule has 1 unspecified atom stereocenters. The quantitative estimate of drug-likeness (QED) is 0.725. The molecule has 1 aliphatic carbocycles. The zero-order valence-electron chi connectivity index (χ0n) is 12.6. The van der Waals surface area contributed by atoms with Crippen LogP contribution in [-0.2, 0) is 9.47 Å². The van der Waals surface area contributed by atoms with Gasteiger partial charge in [-0.05, 0) is 51.5 Å². The summed E-state index contributed by atoms with van der Waals surface area (Å²) in [6.07, 6.45) is 5.99. The van der Waals surface area contributed by atoms with E-state index in [0.29, 0.717) is 6.04 Å². The molecular formula is C15H31NO2. The minimum atomic E-state index is -0.0170. The fourth-order valence-electron chi connectivity index (χ4n) is 2.90. The number of nitrogens with one attached hydrogen (secondary N) is 1. The van der Waals surface area contributed by atoms with Crippen LogP contribution in [0.1, 0.15) is 52.9 Å². The number of ether oxygens (including phenoxy) is 2. The molecule has 0 aromatic heterocycles. The highest BCUT2D eigenvalue weighted by atomic mass is 16.5. The fourth-order valence-corrected chi connectivity index (χ4v) is 2.90. The predicted octanol–water partition coefficient (Wildman–Crippen LogP) is 2.99. The Morgan fingerprint density at radius 1 is 1.28 bits per heavy atom. The Labute approximate surface area is 113 Å². The molecule has 0 aromatic rings. The average molecular weight is 257 g/mol. The summed E-state index contributed by atoms with van der Waals surface area (Å²) in [6.45, 7) is 9.18. The smallest absolute Gasteiger partial charge is 0.0853 e. The normalized spacial score (nSPS) is 30.3. The average Bonchev–Trinajstić information content (AvgIpc) is 2.41. The molecule has 1 rings (SSSR count). The number of rotatable bonds is 8. The molecule has 1 atom stereocenters. The number of methoxy groups -OCH3 is 1. The monoisotopic (exact) mass is 257 g/mol. The summed E-state index contributed by atoms with van der Waals surface area (Å²) in [4.78, 5) is 0. The van der Waals surface area contributed by atoms with E-state index < -0.39 is 0 Å². The van der Waals surface area contributed by atoms with E-state index in [1.54, 1.807) is 0 Å². The molecule has 1 fully saturated rings. The third-order valence-electron chi connectivity index (χ3n) is 4.29. The van der Waals surface area contributed by atoms with Crippen molar-refractivity contribution in [2.45, 2.75) is 64.5 Å². The summed E-state index contributed by atoms with van der Waals surface area (Å²) in [5, 5.41) is 3.63. The van der Waals surface area contributed by atoms with Crippen LogP contribution in [0.25, 0.3) is 0 Å². The minimum Gasteiger partial charge on any atom is -0.380 e. The Bertz CT molecular complexity index is 205. The Morgan fingerprint density at radius 2 is 1.94 bits per heavy atom. The second-order valence-electron chi connectivity index (χ2n) is 5.62. The Balaban J connectivity index is 2.65. The Kier molecular flexibility index (Phi) is 7.20. The van der Waals surface area contributed by atoms with Crippen LogP contribution >= 0.6 is 0 Å². The highest BCUT2D eigenvalue weighted by molar-refractivity contribution is 4.96. The molecule has 0 aromatic carbocycles. The van der Waals surface area contributed by atoms with Gasteiger partial charge in [-0.2, -0.15) is 0 Å². The molecule has 3 nitrogen and oxygen atoms in total. The second-order valence-corrected chi connectivity index (χ2v) is 5.62. The maximum absolute atomic E-state index is 5.94. The van der Waals surface area contributed by atoms with Crippen molar-refractivity contribution < 1.29 is 9.47 Å². The topological polar surface area (TPSA) is 30.5 Å². The third kappa shape index (κ3) is 4.22. The molecule has 18 heavy (non-hydrogen) atoms. The molecule has 0 saturated heterocycles. The van der Waals surface area contributed by atoms with Gasteiger partial charge in [-0.3, -0.25) is 0 Å². The summed E-state index contributed by atoms with van der Waals surface area (Å²) >= 11 is 0.